The van der Waals surface area contributed by atoms with Gasteiger partial charge < -0.3 is 5.32 Å². The molecule has 0 fully saturated rings. The molecule has 0 atom stereocenters. The standard InChI is InChI=1S/C14H12BrN5/c15-12-4-11(6-16-8-12)7-17-13-2-1-3-14(5-13)20-9-18-19-10-20/h1-6,8-10,17H,7H2. The molecule has 0 aliphatic carbocycles. The first-order valence-electron chi connectivity index (χ1n) is 6.09. The van der Waals surface area contributed by atoms with Gasteiger partial charge in [-0.25, -0.2) is 0 Å². The molecule has 0 saturated heterocycles. The average Bonchev–Trinajstić information content (AvgIpc) is 3.00. The molecule has 5 nitrogen and oxygen atoms in total. The van der Waals surface area contributed by atoms with Crippen molar-refractivity contribution in [3.63, 3.8) is 0 Å². The minimum Gasteiger partial charge on any atom is -0.381 e. The molecule has 3 rings (SSSR count). The van der Waals surface area contributed by atoms with Crippen LogP contribution in [0.15, 0.2) is 59.9 Å². The van der Waals surface area contributed by atoms with E-state index >= 15 is 0 Å². The van der Waals surface area contributed by atoms with Gasteiger partial charge in [0.15, 0.2) is 0 Å². The number of benzene rings is 1. The third-order valence-electron chi connectivity index (χ3n) is 2.82. The molecule has 0 saturated carbocycles. The van der Waals surface area contributed by atoms with Crippen molar-refractivity contribution in [2.45, 2.75) is 6.54 Å². The Labute approximate surface area is 124 Å². The van der Waals surface area contributed by atoms with Crippen molar-refractivity contribution in [3.05, 3.63) is 65.4 Å². The molecule has 1 aromatic carbocycles. The fourth-order valence-electron chi connectivity index (χ4n) is 1.87. The van der Waals surface area contributed by atoms with Gasteiger partial charge in [-0.05, 0) is 45.8 Å². The summed E-state index contributed by atoms with van der Waals surface area (Å²) in [5.74, 6) is 0. The van der Waals surface area contributed by atoms with Gasteiger partial charge in [0.25, 0.3) is 0 Å². The Kier molecular flexibility index (Phi) is 3.73. The van der Waals surface area contributed by atoms with Gasteiger partial charge in [0.2, 0.25) is 0 Å². The van der Waals surface area contributed by atoms with Crippen molar-refractivity contribution in [3.8, 4) is 5.69 Å². The van der Waals surface area contributed by atoms with E-state index in [9.17, 15) is 0 Å². The third-order valence-corrected chi connectivity index (χ3v) is 3.25. The van der Waals surface area contributed by atoms with Gasteiger partial charge in [0.05, 0.1) is 5.69 Å². The van der Waals surface area contributed by atoms with Crippen LogP contribution in [0.5, 0.6) is 0 Å². The maximum absolute atomic E-state index is 4.15. The lowest BCUT2D eigenvalue weighted by Crippen LogP contribution is -2.00. The summed E-state index contributed by atoms with van der Waals surface area (Å²) in [5.41, 5.74) is 3.18. The quantitative estimate of drug-likeness (QED) is 0.799. The Balaban J connectivity index is 1.73. The van der Waals surface area contributed by atoms with Crippen molar-refractivity contribution >= 4 is 21.6 Å². The summed E-state index contributed by atoms with van der Waals surface area (Å²) in [6, 6.07) is 10.1. The zero-order valence-corrected chi connectivity index (χ0v) is 12.2. The van der Waals surface area contributed by atoms with Crippen LogP contribution in [0.25, 0.3) is 5.69 Å². The number of hydrogen-bond donors (Lipinski definition) is 1. The highest BCUT2D eigenvalue weighted by atomic mass is 79.9. The largest absolute Gasteiger partial charge is 0.381 e. The second-order valence-corrected chi connectivity index (χ2v) is 5.20. The van der Waals surface area contributed by atoms with Gasteiger partial charge >= 0.3 is 0 Å². The predicted octanol–water partition coefficient (Wildman–Crippen LogP) is 3.04. The summed E-state index contributed by atoms with van der Waals surface area (Å²) >= 11 is 3.42. The minimum atomic E-state index is 0.720. The summed E-state index contributed by atoms with van der Waals surface area (Å²) in [6.45, 7) is 0.720. The summed E-state index contributed by atoms with van der Waals surface area (Å²) in [5, 5.41) is 11.0. The molecule has 0 unspecified atom stereocenters. The monoisotopic (exact) mass is 329 g/mol. The molecule has 0 amide bonds. The second kappa shape index (κ2) is 5.83. The van der Waals surface area contributed by atoms with E-state index in [4.69, 9.17) is 0 Å². The van der Waals surface area contributed by atoms with E-state index in [0.717, 1.165) is 28.0 Å². The Morgan fingerprint density at radius 3 is 2.75 bits per heavy atom. The smallest absolute Gasteiger partial charge is 0.123 e. The van der Waals surface area contributed by atoms with Crippen LogP contribution >= 0.6 is 15.9 Å². The van der Waals surface area contributed by atoms with Gasteiger partial charge in [-0.2, -0.15) is 0 Å². The lowest BCUT2D eigenvalue weighted by Gasteiger charge is -2.08. The highest BCUT2D eigenvalue weighted by Crippen LogP contribution is 2.16. The number of pyridine rings is 1. The summed E-state index contributed by atoms with van der Waals surface area (Å²) in [7, 11) is 0. The number of hydrogen-bond acceptors (Lipinski definition) is 4. The van der Waals surface area contributed by atoms with E-state index in [1.165, 1.54) is 0 Å². The Morgan fingerprint density at radius 2 is 1.95 bits per heavy atom. The molecule has 0 aliphatic rings. The fourth-order valence-corrected chi connectivity index (χ4v) is 2.28. The molecule has 2 heterocycles. The SMILES string of the molecule is Brc1cncc(CNc2cccc(-n3cnnc3)c2)c1. The normalized spacial score (nSPS) is 10.4. The van der Waals surface area contributed by atoms with Crippen molar-refractivity contribution in [2.75, 3.05) is 5.32 Å². The van der Waals surface area contributed by atoms with Crippen molar-refractivity contribution < 1.29 is 0 Å². The third kappa shape index (κ3) is 3.03. The molecule has 0 bridgehead atoms. The molecule has 20 heavy (non-hydrogen) atoms. The zero-order chi connectivity index (χ0) is 13.8. The highest BCUT2D eigenvalue weighted by molar-refractivity contribution is 9.10. The van der Waals surface area contributed by atoms with E-state index in [-0.39, 0.29) is 0 Å². The van der Waals surface area contributed by atoms with Gasteiger partial charge in [-0.3, -0.25) is 9.55 Å². The average molecular weight is 330 g/mol. The molecule has 1 N–H and O–H groups in total. The van der Waals surface area contributed by atoms with Crippen LogP contribution < -0.4 is 5.32 Å². The van der Waals surface area contributed by atoms with Crippen molar-refractivity contribution in [1.82, 2.24) is 19.7 Å². The van der Waals surface area contributed by atoms with Crippen molar-refractivity contribution in [2.24, 2.45) is 0 Å². The number of anilines is 1. The fraction of sp³-hybridized carbons (Fsp3) is 0.0714. The maximum atomic E-state index is 4.15. The molecular formula is C14H12BrN5. The molecule has 0 radical (unpaired) electrons. The molecule has 100 valence electrons. The Bertz CT molecular complexity index is 696. The number of aromatic nitrogens is 4. The van der Waals surface area contributed by atoms with Crippen LogP contribution in [-0.4, -0.2) is 19.7 Å². The molecule has 2 aromatic heterocycles. The topological polar surface area (TPSA) is 55.6 Å². The summed E-state index contributed by atoms with van der Waals surface area (Å²) in [4.78, 5) is 4.15. The van der Waals surface area contributed by atoms with E-state index < -0.39 is 0 Å². The number of nitrogens with zero attached hydrogens (tertiary/aromatic N) is 4. The van der Waals surface area contributed by atoms with Crippen LogP contribution in [0.1, 0.15) is 5.56 Å². The van der Waals surface area contributed by atoms with Crippen LogP contribution in [0.2, 0.25) is 0 Å². The van der Waals surface area contributed by atoms with Crippen molar-refractivity contribution in [1.29, 1.82) is 0 Å². The Hall–Kier alpha value is -2.21. The van der Waals surface area contributed by atoms with Gasteiger partial charge in [-0.1, -0.05) is 6.07 Å². The van der Waals surface area contributed by atoms with E-state index in [2.05, 4.69) is 42.5 Å². The lowest BCUT2D eigenvalue weighted by atomic mass is 10.2. The maximum Gasteiger partial charge on any atom is 0.123 e. The first-order chi connectivity index (χ1) is 9.81. The Morgan fingerprint density at radius 1 is 1.10 bits per heavy atom. The van der Waals surface area contributed by atoms with E-state index in [1.807, 2.05) is 35.0 Å². The van der Waals surface area contributed by atoms with Crippen LogP contribution in [0.3, 0.4) is 0 Å². The summed E-state index contributed by atoms with van der Waals surface area (Å²) < 4.78 is 2.85. The zero-order valence-electron chi connectivity index (χ0n) is 10.6. The minimum absolute atomic E-state index is 0.720. The van der Waals surface area contributed by atoms with E-state index in [1.54, 1.807) is 18.9 Å². The summed E-state index contributed by atoms with van der Waals surface area (Å²) in [6.07, 6.45) is 6.98. The number of halogens is 1. The molecule has 0 aliphatic heterocycles. The number of nitrogens with one attached hydrogen (secondary N) is 1. The molecular weight excluding hydrogens is 318 g/mol. The van der Waals surface area contributed by atoms with Gasteiger partial charge in [0.1, 0.15) is 12.7 Å². The van der Waals surface area contributed by atoms with Gasteiger partial charge in [-0.15, -0.1) is 10.2 Å². The lowest BCUT2D eigenvalue weighted by molar-refractivity contribution is 1.05. The first-order valence-corrected chi connectivity index (χ1v) is 6.89. The van der Waals surface area contributed by atoms with Crippen LogP contribution in [-0.2, 0) is 6.54 Å². The van der Waals surface area contributed by atoms with Gasteiger partial charge in [0, 0.05) is 29.1 Å². The second-order valence-electron chi connectivity index (χ2n) is 4.28. The highest BCUT2D eigenvalue weighted by Gasteiger charge is 1.99. The van der Waals surface area contributed by atoms with Crippen LogP contribution in [0, 0.1) is 0 Å². The predicted molar refractivity (Wildman–Crippen MR) is 80.6 cm³/mol. The molecule has 6 heteroatoms. The molecule has 3 aromatic rings. The van der Waals surface area contributed by atoms with Crippen LogP contribution in [0.4, 0.5) is 5.69 Å². The van der Waals surface area contributed by atoms with E-state index in [0.29, 0.717) is 0 Å². The molecule has 0 spiro atoms. The first kappa shape index (κ1) is 12.8. The number of rotatable bonds is 4.